The first kappa shape index (κ1) is 17.6. The van der Waals surface area contributed by atoms with Gasteiger partial charge in [-0.1, -0.05) is 18.3 Å². The van der Waals surface area contributed by atoms with E-state index < -0.39 is 6.61 Å². The van der Waals surface area contributed by atoms with Gasteiger partial charge in [0.25, 0.3) is 0 Å². The van der Waals surface area contributed by atoms with Gasteiger partial charge in [0.1, 0.15) is 12.7 Å². The van der Waals surface area contributed by atoms with Gasteiger partial charge in [0.15, 0.2) is 0 Å². The summed E-state index contributed by atoms with van der Waals surface area (Å²) in [6.07, 6.45) is 0.105. The Kier molecular flexibility index (Phi) is 5.19. The molecule has 2 amide bonds. The molecule has 1 aromatic carbocycles. The molecule has 0 spiro atoms. The van der Waals surface area contributed by atoms with Gasteiger partial charge in [-0.05, 0) is 36.6 Å². The standard InChI is InChI=1S/C17H21N3O4S/c1-11(25)18-7-15-9-20(17(23)24-15)14-3-2-13-8-19(16(22)10-21)5-4-12(13)6-14/h2-3,6,15,21H,4-5,7-10H2,1H3,(H,18,25). The minimum absolute atomic E-state index is 0.237. The van der Waals surface area contributed by atoms with E-state index in [4.69, 9.17) is 22.1 Å². The molecule has 2 aliphatic heterocycles. The lowest BCUT2D eigenvalue weighted by Crippen LogP contribution is -2.37. The Morgan fingerprint density at radius 1 is 1.44 bits per heavy atom. The predicted octanol–water partition coefficient (Wildman–Crippen LogP) is 0.826. The number of hydrogen-bond donors (Lipinski definition) is 2. The van der Waals surface area contributed by atoms with Gasteiger partial charge in [-0.25, -0.2) is 4.79 Å². The van der Waals surface area contributed by atoms with E-state index in [2.05, 4.69) is 5.32 Å². The minimum Gasteiger partial charge on any atom is -0.442 e. The molecule has 7 nitrogen and oxygen atoms in total. The summed E-state index contributed by atoms with van der Waals surface area (Å²) in [4.78, 5) is 27.7. The Hall–Kier alpha value is -2.19. The summed E-state index contributed by atoms with van der Waals surface area (Å²) in [5, 5.41) is 12.0. The Morgan fingerprint density at radius 3 is 2.96 bits per heavy atom. The van der Waals surface area contributed by atoms with Crippen LogP contribution in [0.1, 0.15) is 18.1 Å². The van der Waals surface area contributed by atoms with Gasteiger partial charge in [0, 0.05) is 18.8 Å². The molecular formula is C17H21N3O4S. The van der Waals surface area contributed by atoms with Gasteiger partial charge in [0.2, 0.25) is 5.91 Å². The molecule has 3 rings (SSSR count). The number of benzene rings is 1. The lowest BCUT2D eigenvalue weighted by atomic mass is 9.98. The van der Waals surface area contributed by atoms with Crippen molar-refractivity contribution in [2.24, 2.45) is 0 Å². The van der Waals surface area contributed by atoms with Crippen molar-refractivity contribution in [1.82, 2.24) is 10.2 Å². The van der Waals surface area contributed by atoms with E-state index in [-0.39, 0.29) is 18.1 Å². The summed E-state index contributed by atoms with van der Waals surface area (Å²) in [6.45, 7) is 3.35. The highest BCUT2D eigenvalue weighted by Gasteiger charge is 2.32. The molecule has 0 saturated carbocycles. The molecule has 0 bridgehead atoms. The molecular weight excluding hydrogens is 342 g/mol. The van der Waals surface area contributed by atoms with Gasteiger partial charge >= 0.3 is 6.09 Å². The van der Waals surface area contributed by atoms with E-state index in [9.17, 15) is 9.59 Å². The molecule has 1 saturated heterocycles. The number of thiocarbonyl (C=S) groups is 1. The molecule has 0 aliphatic carbocycles. The summed E-state index contributed by atoms with van der Waals surface area (Å²) in [5.41, 5.74) is 2.95. The van der Waals surface area contributed by atoms with Crippen molar-refractivity contribution in [3.8, 4) is 0 Å². The van der Waals surface area contributed by atoms with Gasteiger partial charge in [-0.3, -0.25) is 9.69 Å². The zero-order valence-electron chi connectivity index (χ0n) is 14.0. The van der Waals surface area contributed by atoms with Crippen LogP contribution in [0.5, 0.6) is 0 Å². The van der Waals surface area contributed by atoms with Crippen molar-refractivity contribution in [2.75, 3.05) is 31.1 Å². The molecule has 134 valence electrons. The molecule has 1 atom stereocenters. The molecule has 1 fully saturated rings. The number of anilines is 1. The van der Waals surface area contributed by atoms with Crippen molar-refractivity contribution in [1.29, 1.82) is 0 Å². The highest BCUT2D eigenvalue weighted by atomic mass is 32.1. The van der Waals surface area contributed by atoms with Crippen molar-refractivity contribution in [3.63, 3.8) is 0 Å². The second-order valence-corrected chi connectivity index (χ2v) is 6.84. The van der Waals surface area contributed by atoms with E-state index in [1.807, 2.05) is 18.2 Å². The Morgan fingerprint density at radius 2 is 2.24 bits per heavy atom. The van der Waals surface area contributed by atoms with E-state index in [0.717, 1.165) is 16.8 Å². The number of aliphatic hydroxyl groups is 1. The molecule has 2 aliphatic rings. The smallest absolute Gasteiger partial charge is 0.414 e. The number of rotatable bonds is 4. The number of hydrogen-bond acceptors (Lipinski definition) is 5. The molecule has 2 N–H and O–H groups in total. The lowest BCUT2D eigenvalue weighted by Gasteiger charge is -2.29. The highest BCUT2D eigenvalue weighted by molar-refractivity contribution is 7.80. The van der Waals surface area contributed by atoms with Gasteiger partial charge in [-0.2, -0.15) is 0 Å². The van der Waals surface area contributed by atoms with Crippen molar-refractivity contribution in [2.45, 2.75) is 26.0 Å². The van der Waals surface area contributed by atoms with Crippen LogP contribution in [0.2, 0.25) is 0 Å². The number of aliphatic hydroxyl groups excluding tert-OH is 1. The summed E-state index contributed by atoms with van der Waals surface area (Å²) in [6, 6.07) is 5.78. The summed E-state index contributed by atoms with van der Waals surface area (Å²) in [5.74, 6) is -0.262. The van der Waals surface area contributed by atoms with E-state index in [0.29, 0.717) is 37.6 Å². The van der Waals surface area contributed by atoms with E-state index in [1.54, 1.807) is 16.7 Å². The number of carbonyl (C=O) groups is 2. The molecule has 8 heteroatoms. The van der Waals surface area contributed by atoms with Crippen LogP contribution in [-0.4, -0.2) is 59.3 Å². The fourth-order valence-corrected chi connectivity index (χ4v) is 3.20. The van der Waals surface area contributed by atoms with Crippen molar-refractivity contribution < 1.29 is 19.4 Å². The molecule has 1 aromatic rings. The van der Waals surface area contributed by atoms with Crippen LogP contribution in [0.3, 0.4) is 0 Å². The van der Waals surface area contributed by atoms with Gasteiger partial charge < -0.3 is 20.1 Å². The predicted molar refractivity (Wildman–Crippen MR) is 96.5 cm³/mol. The highest BCUT2D eigenvalue weighted by Crippen LogP contribution is 2.27. The first-order valence-corrected chi connectivity index (χ1v) is 8.61. The number of nitrogens with one attached hydrogen (secondary N) is 1. The van der Waals surface area contributed by atoms with Gasteiger partial charge in [0.05, 0.1) is 18.1 Å². The first-order chi connectivity index (χ1) is 12.0. The molecule has 0 radical (unpaired) electrons. The zero-order chi connectivity index (χ0) is 18.0. The second kappa shape index (κ2) is 7.37. The molecule has 25 heavy (non-hydrogen) atoms. The van der Waals surface area contributed by atoms with Crippen LogP contribution in [0.4, 0.5) is 10.5 Å². The monoisotopic (exact) mass is 363 g/mol. The number of nitrogens with zero attached hydrogens (tertiary/aromatic N) is 2. The molecule has 1 unspecified atom stereocenters. The first-order valence-electron chi connectivity index (χ1n) is 8.21. The third-order valence-corrected chi connectivity index (χ3v) is 4.60. The topological polar surface area (TPSA) is 82.1 Å². The summed E-state index contributed by atoms with van der Waals surface area (Å²) in [7, 11) is 0. The SMILES string of the molecule is CC(=S)NCC1CN(c2ccc3c(c2)CCN(C(=O)CO)C3)C(=O)O1. The van der Waals surface area contributed by atoms with E-state index >= 15 is 0 Å². The Labute approximate surface area is 151 Å². The third kappa shape index (κ3) is 3.91. The maximum atomic E-state index is 12.1. The zero-order valence-corrected chi connectivity index (χ0v) is 14.8. The quantitative estimate of drug-likeness (QED) is 0.771. The maximum absolute atomic E-state index is 12.1. The third-order valence-electron chi connectivity index (χ3n) is 4.45. The van der Waals surface area contributed by atoms with Crippen LogP contribution in [0.15, 0.2) is 18.2 Å². The Bertz CT molecular complexity index is 709. The van der Waals surface area contributed by atoms with Crippen LogP contribution < -0.4 is 10.2 Å². The molecule has 2 heterocycles. The largest absolute Gasteiger partial charge is 0.442 e. The summed E-state index contributed by atoms with van der Waals surface area (Å²) < 4.78 is 5.37. The average Bonchev–Trinajstić information content (AvgIpc) is 2.99. The van der Waals surface area contributed by atoms with Crippen LogP contribution in [0, 0.1) is 0 Å². The fourth-order valence-electron chi connectivity index (χ4n) is 3.12. The summed E-state index contributed by atoms with van der Waals surface area (Å²) >= 11 is 4.98. The van der Waals surface area contributed by atoms with Crippen LogP contribution >= 0.6 is 12.2 Å². The minimum atomic E-state index is -0.469. The number of cyclic esters (lactones) is 1. The van der Waals surface area contributed by atoms with Crippen LogP contribution in [-0.2, 0) is 22.5 Å². The van der Waals surface area contributed by atoms with E-state index in [1.165, 1.54) is 0 Å². The van der Waals surface area contributed by atoms with Crippen molar-refractivity contribution >= 4 is 34.9 Å². The Balaban J connectivity index is 1.69. The molecule has 0 aromatic heterocycles. The maximum Gasteiger partial charge on any atom is 0.414 e. The number of amides is 2. The van der Waals surface area contributed by atoms with Gasteiger partial charge in [-0.15, -0.1) is 0 Å². The number of carbonyl (C=O) groups excluding carboxylic acids is 2. The fraction of sp³-hybridized carbons (Fsp3) is 0.471. The average molecular weight is 363 g/mol. The van der Waals surface area contributed by atoms with Crippen LogP contribution in [0.25, 0.3) is 0 Å². The number of fused-ring (bicyclic) bond motifs is 1. The lowest BCUT2D eigenvalue weighted by molar-refractivity contribution is -0.135. The van der Waals surface area contributed by atoms with Crippen molar-refractivity contribution in [3.05, 3.63) is 29.3 Å². The normalized spacial score (nSPS) is 19.4. The second-order valence-electron chi connectivity index (χ2n) is 6.23. The number of ether oxygens (including phenoxy) is 1.